The van der Waals surface area contributed by atoms with Gasteiger partial charge in [0, 0.05) is 0 Å². The second kappa shape index (κ2) is 3.01. The Morgan fingerprint density at radius 1 is 1.15 bits per heavy atom. The Hall–Kier alpha value is -1.07. The van der Waals surface area contributed by atoms with Gasteiger partial charge in [0.25, 0.3) is 10.1 Å². The first-order valence-corrected chi connectivity index (χ1v) is 5.02. The van der Waals surface area contributed by atoms with Crippen molar-refractivity contribution in [1.82, 2.24) is 0 Å². The van der Waals surface area contributed by atoms with Gasteiger partial charge in [-0.1, -0.05) is 12.1 Å². The molecule has 71 valence electrons. The fraction of sp³-hybridized carbons (Fsp3) is 0.250. The van der Waals surface area contributed by atoms with E-state index in [1.54, 1.807) is 0 Å². The molecule has 1 rings (SSSR count). The van der Waals surface area contributed by atoms with Crippen molar-refractivity contribution < 1.29 is 18.1 Å². The summed E-state index contributed by atoms with van der Waals surface area (Å²) in [5, 5.41) is 11.3. The van der Waals surface area contributed by atoms with Crippen molar-refractivity contribution in [3.05, 3.63) is 23.3 Å². The van der Waals surface area contributed by atoms with Gasteiger partial charge in [0.15, 0.2) is 0 Å². The maximum Gasteiger partial charge on any atom is 0.298 e. The summed E-state index contributed by atoms with van der Waals surface area (Å²) in [4.78, 5) is -0.521. The molecule has 5 heteroatoms. The van der Waals surface area contributed by atoms with Crippen molar-refractivity contribution in [2.75, 3.05) is 0 Å². The lowest BCUT2D eigenvalue weighted by Gasteiger charge is -2.04. The smallest absolute Gasteiger partial charge is 0.288 e. The minimum absolute atomic E-state index is 0.262. The van der Waals surface area contributed by atoms with Gasteiger partial charge < -0.3 is 0 Å². The summed E-state index contributed by atoms with van der Waals surface area (Å²) in [5.74, 6) is -0.637. The van der Waals surface area contributed by atoms with E-state index < -0.39 is 20.8 Å². The molecule has 0 aliphatic heterocycles. The van der Waals surface area contributed by atoms with Gasteiger partial charge in [-0.25, -0.2) is 0 Å². The third-order valence-corrected chi connectivity index (χ3v) is 2.79. The average molecular weight is 201 g/mol. The van der Waals surface area contributed by atoms with Crippen molar-refractivity contribution in [2.45, 2.75) is 18.7 Å². The number of hydrogen-bond acceptors (Lipinski definition) is 2. The van der Waals surface area contributed by atoms with Gasteiger partial charge in [-0.3, -0.25) is 9.66 Å². The zero-order valence-corrected chi connectivity index (χ0v) is 8.05. The van der Waals surface area contributed by atoms with Crippen LogP contribution in [0.25, 0.3) is 0 Å². The largest absolute Gasteiger partial charge is 0.298 e. The van der Waals surface area contributed by atoms with E-state index >= 15 is 0 Å². The molecule has 0 saturated heterocycles. The summed E-state index contributed by atoms with van der Waals surface area (Å²) in [5.41, 5.74) is 0.566. The normalized spacial score (nSPS) is 11.6. The first-order valence-electron chi connectivity index (χ1n) is 3.58. The molecule has 0 aliphatic carbocycles. The monoisotopic (exact) mass is 201 g/mol. The van der Waals surface area contributed by atoms with Crippen LogP contribution >= 0.6 is 0 Å². The summed E-state index contributed by atoms with van der Waals surface area (Å²) in [6, 6.07) is 3.01. The van der Waals surface area contributed by atoms with Gasteiger partial charge in [0.1, 0.15) is 4.90 Å². The molecule has 1 N–H and O–H groups in total. The lowest BCUT2D eigenvalue weighted by atomic mass is 10.1. The molecule has 0 aliphatic rings. The minimum Gasteiger partial charge on any atom is -0.288 e. The Balaban J connectivity index is 3.62. The van der Waals surface area contributed by atoms with Crippen molar-refractivity contribution in [3.8, 4) is 5.75 Å². The summed E-state index contributed by atoms with van der Waals surface area (Å²) in [6.45, 7) is 2.96. The molecular weight excluding hydrogens is 192 g/mol. The molecule has 0 saturated carbocycles. The number of aryl methyl sites for hydroxylation is 2. The summed E-state index contributed by atoms with van der Waals surface area (Å²) < 4.78 is 30.3. The number of rotatable bonds is 1. The van der Waals surface area contributed by atoms with E-state index in [1.165, 1.54) is 26.0 Å². The Bertz CT molecular complexity index is 434. The fourth-order valence-corrected chi connectivity index (χ4v) is 1.95. The van der Waals surface area contributed by atoms with Crippen LogP contribution in [0.3, 0.4) is 0 Å². The van der Waals surface area contributed by atoms with Crippen LogP contribution in [0.15, 0.2) is 17.0 Å². The molecule has 4 nitrogen and oxygen atoms in total. The third kappa shape index (κ3) is 1.81. The van der Waals surface area contributed by atoms with E-state index in [0.29, 0.717) is 5.56 Å². The van der Waals surface area contributed by atoms with Crippen LogP contribution in [0.4, 0.5) is 0 Å². The summed E-state index contributed by atoms with van der Waals surface area (Å²) >= 11 is 0. The lowest BCUT2D eigenvalue weighted by molar-refractivity contribution is 0.336. The molecule has 0 unspecified atom stereocenters. The van der Waals surface area contributed by atoms with Crippen molar-refractivity contribution in [1.29, 1.82) is 0 Å². The highest BCUT2D eigenvalue weighted by atomic mass is 32.2. The third-order valence-electron chi connectivity index (χ3n) is 1.76. The molecule has 0 bridgehead atoms. The Morgan fingerprint density at radius 2 is 1.62 bits per heavy atom. The highest BCUT2D eigenvalue weighted by Crippen LogP contribution is 2.29. The molecule has 0 heterocycles. The van der Waals surface area contributed by atoms with E-state index in [9.17, 15) is 13.5 Å². The van der Waals surface area contributed by atoms with Gasteiger partial charge in [-0.05, 0) is 25.0 Å². The van der Waals surface area contributed by atoms with Crippen LogP contribution in [0.5, 0.6) is 5.75 Å². The van der Waals surface area contributed by atoms with Gasteiger partial charge in [-0.2, -0.15) is 8.42 Å². The maximum atomic E-state index is 11.3. The number of hydrogen-bond donors (Lipinski definition) is 1. The Kier molecular flexibility index (Phi) is 2.32. The predicted molar refractivity (Wildman–Crippen MR) is 45.9 cm³/mol. The van der Waals surface area contributed by atoms with Crippen LogP contribution < -0.4 is 0 Å². The topological polar surface area (TPSA) is 74.3 Å². The van der Waals surface area contributed by atoms with Gasteiger partial charge >= 0.3 is 0 Å². The SMILES string of the molecule is Cc1ccc(C)c(S(=O)(=O)O)c1[O]. The summed E-state index contributed by atoms with van der Waals surface area (Å²) in [6.07, 6.45) is 0. The molecule has 0 spiro atoms. The maximum absolute atomic E-state index is 11.3. The lowest BCUT2D eigenvalue weighted by Crippen LogP contribution is -2.01. The Labute approximate surface area is 76.6 Å². The van der Waals surface area contributed by atoms with E-state index in [1.807, 2.05) is 0 Å². The Morgan fingerprint density at radius 3 is 2.00 bits per heavy atom. The van der Waals surface area contributed by atoms with Gasteiger partial charge in [-0.15, -0.1) is 0 Å². The van der Waals surface area contributed by atoms with Crippen LogP contribution in [0.1, 0.15) is 11.1 Å². The van der Waals surface area contributed by atoms with Crippen molar-refractivity contribution >= 4 is 10.1 Å². The average Bonchev–Trinajstić information content (AvgIpc) is 1.95. The quantitative estimate of drug-likeness (QED) is 0.702. The number of benzene rings is 1. The zero-order chi connectivity index (χ0) is 10.2. The second-order valence-electron chi connectivity index (χ2n) is 2.83. The van der Waals surface area contributed by atoms with Gasteiger partial charge in [0.2, 0.25) is 5.75 Å². The first kappa shape index (κ1) is 10.0. The zero-order valence-electron chi connectivity index (χ0n) is 7.23. The van der Waals surface area contributed by atoms with E-state index in [-0.39, 0.29) is 5.56 Å². The molecule has 0 fully saturated rings. The predicted octanol–water partition coefficient (Wildman–Crippen LogP) is 1.69. The van der Waals surface area contributed by atoms with Crippen LogP contribution in [0.2, 0.25) is 0 Å². The van der Waals surface area contributed by atoms with Crippen molar-refractivity contribution in [2.24, 2.45) is 0 Å². The molecule has 1 radical (unpaired) electrons. The minimum atomic E-state index is -4.40. The first-order chi connectivity index (χ1) is 5.84. The van der Waals surface area contributed by atoms with E-state index in [2.05, 4.69) is 0 Å². The fourth-order valence-electron chi connectivity index (χ4n) is 1.08. The van der Waals surface area contributed by atoms with Crippen molar-refractivity contribution in [3.63, 3.8) is 0 Å². The molecule has 13 heavy (non-hydrogen) atoms. The molecule has 1 aromatic rings. The highest BCUT2D eigenvalue weighted by Gasteiger charge is 2.20. The molecule has 0 atom stereocenters. The van der Waals surface area contributed by atoms with Crippen LogP contribution in [-0.2, 0) is 15.2 Å². The highest BCUT2D eigenvalue weighted by molar-refractivity contribution is 7.86. The molecular formula is C8H9O4S. The standard InChI is InChI=1S/C8H9O4S/c1-5-3-4-6(2)8(7(5)9)13(10,11)12/h3-4H,1-2H3,(H,10,11,12). The molecule has 0 amide bonds. The molecule has 0 aromatic heterocycles. The van der Waals surface area contributed by atoms with Gasteiger partial charge in [0.05, 0.1) is 0 Å². The summed E-state index contributed by atoms with van der Waals surface area (Å²) in [7, 11) is -4.40. The van der Waals surface area contributed by atoms with Crippen LogP contribution in [0, 0.1) is 13.8 Å². The van der Waals surface area contributed by atoms with Crippen LogP contribution in [-0.4, -0.2) is 13.0 Å². The molecule has 1 aromatic carbocycles. The van der Waals surface area contributed by atoms with E-state index in [4.69, 9.17) is 4.55 Å². The van der Waals surface area contributed by atoms with E-state index in [0.717, 1.165) is 0 Å². The second-order valence-corrected chi connectivity index (χ2v) is 4.19.